The normalized spacial score (nSPS) is 18.0. The van der Waals surface area contributed by atoms with Gasteiger partial charge in [0.1, 0.15) is 6.04 Å². The quantitative estimate of drug-likeness (QED) is 0.833. The van der Waals surface area contributed by atoms with E-state index in [0.29, 0.717) is 35.5 Å². The molecule has 134 valence electrons. The maximum Gasteiger partial charge on any atom is 0.254 e. The summed E-state index contributed by atoms with van der Waals surface area (Å²) in [6, 6.07) is 5.25. The molecule has 0 N–H and O–H groups in total. The van der Waals surface area contributed by atoms with Gasteiger partial charge >= 0.3 is 0 Å². The van der Waals surface area contributed by atoms with Crippen LogP contribution in [-0.2, 0) is 6.54 Å². The molecule has 0 aliphatic carbocycles. The van der Waals surface area contributed by atoms with Crippen molar-refractivity contribution >= 4 is 17.5 Å². The van der Waals surface area contributed by atoms with E-state index in [9.17, 15) is 4.79 Å². The van der Waals surface area contributed by atoms with Gasteiger partial charge in [0.05, 0.1) is 6.54 Å². The minimum Gasteiger partial charge on any atom is -0.422 e. The van der Waals surface area contributed by atoms with Crippen LogP contribution in [0.25, 0.3) is 0 Å². The Morgan fingerprint density at radius 3 is 2.88 bits per heavy atom. The molecule has 2 heterocycles. The first-order chi connectivity index (χ1) is 12.0. The molecule has 2 aromatic rings. The fourth-order valence-corrected chi connectivity index (χ4v) is 3.24. The molecule has 1 saturated heterocycles. The summed E-state index contributed by atoms with van der Waals surface area (Å²) in [5.74, 6) is 1.04. The second-order valence-corrected chi connectivity index (χ2v) is 7.15. The molecule has 1 atom stereocenters. The predicted molar refractivity (Wildman–Crippen MR) is 95.5 cm³/mol. The maximum atomic E-state index is 13.0. The first kappa shape index (κ1) is 17.9. The van der Waals surface area contributed by atoms with Crippen LogP contribution in [0.5, 0.6) is 0 Å². The number of hydrogen-bond donors (Lipinski definition) is 0. The second kappa shape index (κ2) is 7.54. The smallest absolute Gasteiger partial charge is 0.254 e. The molecular formula is C18H23ClN4O2. The Morgan fingerprint density at radius 1 is 1.36 bits per heavy atom. The third-order valence-corrected chi connectivity index (χ3v) is 4.81. The monoisotopic (exact) mass is 362 g/mol. The van der Waals surface area contributed by atoms with Crippen molar-refractivity contribution in [3.05, 3.63) is 46.1 Å². The number of halogens is 1. The first-order valence-corrected chi connectivity index (χ1v) is 8.87. The third kappa shape index (κ3) is 4.02. The predicted octanol–water partition coefficient (Wildman–Crippen LogP) is 3.46. The Morgan fingerprint density at radius 2 is 2.16 bits per heavy atom. The summed E-state index contributed by atoms with van der Waals surface area (Å²) in [5, 5.41) is 8.90. The van der Waals surface area contributed by atoms with E-state index in [2.05, 4.69) is 10.2 Å². The van der Waals surface area contributed by atoms with Crippen LogP contribution in [0, 0.1) is 6.92 Å². The Bertz CT molecular complexity index is 759. The number of hydrogen-bond acceptors (Lipinski definition) is 5. The molecule has 1 aromatic carbocycles. The summed E-state index contributed by atoms with van der Waals surface area (Å²) in [4.78, 5) is 16.8. The zero-order chi connectivity index (χ0) is 18.0. The number of carbonyl (C=O) groups excluding carboxylic acids is 1. The van der Waals surface area contributed by atoms with Crippen molar-refractivity contribution in [3.63, 3.8) is 0 Å². The fourth-order valence-electron chi connectivity index (χ4n) is 3.06. The van der Waals surface area contributed by atoms with Gasteiger partial charge in [-0.1, -0.05) is 17.7 Å². The molecular weight excluding hydrogens is 340 g/mol. The number of nitrogens with zero attached hydrogens (tertiary/aromatic N) is 4. The SMILES string of the molecule is Cc1ccc(C(=O)N2CCCC[C@@H]2c2nnc(CN(C)C)o2)cc1Cl. The lowest BCUT2D eigenvalue weighted by Gasteiger charge is -2.33. The standard InChI is InChI=1S/C18H23ClN4O2/c1-12-7-8-13(10-14(12)19)18(24)23-9-5-4-6-15(23)17-21-20-16(25-17)11-22(2)3/h7-8,10,15H,4-6,9,11H2,1-3H3/t15-/m1/s1. The first-order valence-electron chi connectivity index (χ1n) is 8.50. The summed E-state index contributed by atoms with van der Waals surface area (Å²) >= 11 is 6.19. The fraction of sp³-hybridized carbons (Fsp3) is 0.500. The molecule has 1 aliphatic heterocycles. The molecule has 0 radical (unpaired) electrons. The molecule has 1 fully saturated rings. The number of aryl methyl sites for hydroxylation is 1. The summed E-state index contributed by atoms with van der Waals surface area (Å²) in [7, 11) is 3.89. The molecule has 1 aliphatic rings. The highest BCUT2D eigenvalue weighted by Gasteiger charge is 2.32. The van der Waals surface area contributed by atoms with Crippen molar-refractivity contribution in [2.45, 2.75) is 38.8 Å². The van der Waals surface area contributed by atoms with E-state index in [1.165, 1.54) is 0 Å². The number of rotatable bonds is 4. The Kier molecular flexibility index (Phi) is 5.39. The zero-order valence-corrected chi connectivity index (χ0v) is 15.6. The summed E-state index contributed by atoms with van der Waals surface area (Å²) in [6.07, 6.45) is 2.84. The number of amides is 1. The van der Waals surface area contributed by atoms with Gasteiger partial charge in [-0.05, 0) is 58.0 Å². The molecule has 0 spiro atoms. The lowest BCUT2D eigenvalue weighted by Crippen LogP contribution is -2.38. The van der Waals surface area contributed by atoms with Gasteiger partial charge in [-0.3, -0.25) is 4.79 Å². The number of carbonyl (C=O) groups is 1. The summed E-state index contributed by atoms with van der Waals surface area (Å²) in [5.41, 5.74) is 1.55. The summed E-state index contributed by atoms with van der Waals surface area (Å²) < 4.78 is 5.81. The maximum absolute atomic E-state index is 13.0. The number of benzene rings is 1. The van der Waals surface area contributed by atoms with Crippen molar-refractivity contribution < 1.29 is 9.21 Å². The molecule has 0 unspecified atom stereocenters. The van der Waals surface area contributed by atoms with Gasteiger partial charge < -0.3 is 14.2 Å². The minimum atomic E-state index is -0.176. The van der Waals surface area contributed by atoms with Crippen LogP contribution < -0.4 is 0 Å². The third-order valence-electron chi connectivity index (χ3n) is 4.40. The molecule has 6 nitrogen and oxygen atoms in total. The van der Waals surface area contributed by atoms with Crippen molar-refractivity contribution in [1.82, 2.24) is 20.0 Å². The lowest BCUT2D eigenvalue weighted by atomic mass is 10.0. The van der Waals surface area contributed by atoms with Crippen LogP contribution in [0.3, 0.4) is 0 Å². The lowest BCUT2D eigenvalue weighted by molar-refractivity contribution is 0.0568. The minimum absolute atomic E-state index is 0.0426. The van der Waals surface area contributed by atoms with Crippen LogP contribution in [0.1, 0.15) is 53.0 Å². The second-order valence-electron chi connectivity index (χ2n) is 6.75. The Hall–Kier alpha value is -1.92. The number of piperidine rings is 1. The zero-order valence-electron chi connectivity index (χ0n) is 14.8. The van der Waals surface area contributed by atoms with E-state index in [-0.39, 0.29) is 11.9 Å². The van der Waals surface area contributed by atoms with Gasteiger partial charge in [-0.25, -0.2) is 0 Å². The molecule has 1 amide bonds. The van der Waals surface area contributed by atoms with Gasteiger partial charge in [0, 0.05) is 17.1 Å². The van der Waals surface area contributed by atoms with E-state index in [4.69, 9.17) is 16.0 Å². The molecule has 0 bridgehead atoms. The topological polar surface area (TPSA) is 62.5 Å². The van der Waals surface area contributed by atoms with Crippen LogP contribution >= 0.6 is 11.6 Å². The number of aromatic nitrogens is 2. The van der Waals surface area contributed by atoms with Crippen LogP contribution in [0.4, 0.5) is 0 Å². The van der Waals surface area contributed by atoms with E-state index < -0.39 is 0 Å². The van der Waals surface area contributed by atoms with Gasteiger partial charge in [0.15, 0.2) is 0 Å². The van der Waals surface area contributed by atoms with Gasteiger partial charge in [0.25, 0.3) is 5.91 Å². The highest BCUT2D eigenvalue weighted by Crippen LogP contribution is 2.32. The van der Waals surface area contributed by atoms with Crippen molar-refractivity contribution in [2.75, 3.05) is 20.6 Å². The van der Waals surface area contributed by atoms with E-state index in [1.807, 2.05) is 43.0 Å². The van der Waals surface area contributed by atoms with Crippen molar-refractivity contribution in [1.29, 1.82) is 0 Å². The number of likely N-dealkylation sites (tertiary alicyclic amines) is 1. The van der Waals surface area contributed by atoms with E-state index >= 15 is 0 Å². The molecule has 7 heteroatoms. The highest BCUT2D eigenvalue weighted by molar-refractivity contribution is 6.31. The molecule has 1 aromatic heterocycles. The summed E-state index contributed by atoms with van der Waals surface area (Å²) in [6.45, 7) is 3.19. The average Bonchev–Trinajstić information content (AvgIpc) is 3.04. The van der Waals surface area contributed by atoms with Gasteiger partial charge in [0.2, 0.25) is 11.8 Å². The van der Waals surface area contributed by atoms with Crippen molar-refractivity contribution in [3.8, 4) is 0 Å². The Balaban J connectivity index is 1.84. The van der Waals surface area contributed by atoms with Crippen molar-refractivity contribution in [2.24, 2.45) is 0 Å². The average molecular weight is 363 g/mol. The van der Waals surface area contributed by atoms with Crippen LogP contribution in [0.15, 0.2) is 22.6 Å². The Labute approximate surface area is 152 Å². The van der Waals surface area contributed by atoms with Gasteiger partial charge in [-0.15, -0.1) is 10.2 Å². The van der Waals surface area contributed by atoms with Gasteiger partial charge in [-0.2, -0.15) is 0 Å². The molecule has 25 heavy (non-hydrogen) atoms. The molecule has 0 saturated carbocycles. The molecule has 3 rings (SSSR count). The van der Waals surface area contributed by atoms with Crippen LogP contribution in [0.2, 0.25) is 5.02 Å². The van der Waals surface area contributed by atoms with E-state index in [1.54, 1.807) is 6.07 Å². The highest BCUT2D eigenvalue weighted by atomic mass is 35.5. The van der Waals surface area contributed by atoms with E-state index in [0.717, 1.165) is 24.8 Å². The largest absolute Gasteiger partial charge is 0.422 e. The van der Waals surface area contributed by atoms with Crippen LogP contribution in [-0.4, -0.2) is 46.5 Å².